The molecular formula is C15H27NO2. The second-order valence-electron chi connectivity index (χ2n) is 6.71. The highest BCUT2D eigenvalue weighted by atomic mass is 16.5. The Labute approximate surface area is 111 Å². The van der Waals surface area contributed by atoms with Crippen molar-refractivity contribution in [3.8, 4) is 0 Å². The van der Waals surface area contributed by atoms with Crippen LogP contribution in [0.1, 0.15) is 51.4 Å². The molecule has 1 aliphatic carbocycles. The summed E-state index contributed by atoms with van der Waals surface area (Å²) in [5.74, 6) is 0. The molecule has 0 amide bonds. The van der Waals surface area contributed by atoms with E-state index in [4.69, 9.17) is 9.47 Å². The van der Waals surface area contributed by atoms with Crippen LogP contribution in [0.2, 0.25) is 0 Å². The van der Waals surface area contributed by atoms with Crippen molar-refractivity contribution in [1.29, 1.82) is 0 Å². The normalized spacial score (nSPS) is 38.8. The molecule has 1 spiro atoms. The first kappa shape index (κ1) is 12.9. The topological polar surface area (TPSA) is 30.5 Å². The lowest BCUT2D eigenvalue weighted by molar-refractivity contribution is -0.0540. The molecule has 2 unspecified atom stereocenters. The molecule has 1 saturated carbocycles. The minimum Gasteiger partial charge on any atom is -0.381 e. The molecule has 0 aromatic heterocycles. The molecule has 0 bridgehead atoms. The van der Waals surface area contributed by atoms with Gasteiger partial charge in [-0.15, -0.1) is 0 Å². The summed E-state index contributed by atoms with van der Waals surface area (Å²) in [6, 6.07) is 0. The number of nitrogens with one attached hydrogen (secondary N) is 1. The summed E-state index contributed by atoms with van der Waals surface area (Å²) in [7, 11) is 2.05. The zero-order valence-corrected chi connectivity index (χ0v) is 11.7. The maximum Gasteiger partial charge on any atom is 0.0687 e. The maximum atomic E-state index is 6.46. The van der Waals surface area contributed by atoms with Gasteiger partial charge in [0, 0.05) is 18.6 Å². The molecule has 2 aliphatic heterocycles. The Morgan fingerprint density at radius 2 is 2.00 bits per heavy atom. The van der Waals surface area contributed by atoms with Gasteiger partial charge in [-0.1, -0.05) is 12.8 Å². The van der Waals surface area contributed by atoms with E-state index in [-0.39, 0.29) is 5.60 Å². The fourth-order valence-corrected chi connectivity index (χ4v) is 4.31. The highest BCUT2D eigenvalue weighted by Crippen LogP contribution is 2.46. The maximum absolute atomic E-state index is 6.46. The first-order chi connectivity index (χ1) is 8.76. The van der Waals surface area contributed by atoms with Crippen LogP contribution in [0.25, 0.3) is 0 Å². The molecule has 2 heterocycles. The summed E-state index contributed by atoms with van der Waals surface area (Å²) in [4.78, 5) is 0. The number of rotatable bonds is 4. The minimum atomic E-state index is 0.283. The Morgan fingerprint density at radius 1 is 1.17 bits per heavy atom. The van der Waals surface area contributed by atoms with Gasteiger partial charge in [0.2, 0.25) is 0 Å². The van der Waals surface area contributed by atoms with Gasteiger partial charge in [0.1, 0.15) is 0 Å². The van der Waals surface area contributed by atoms with Crippen LogP contribution in [-0.4, -0.2) is 38.5 Å². The number of hydrogen-bond donors (Lipinski definition) is 1. The molecule has 1 N–H and O–H groups in total. The Morgan fingerprint density at radius 3 is 2.67 bits per heavy atom. The van der Waals surface area contributed by atoms with Crippen LogP contribution in [0.4, 0.5) is 0 Å². The van der Waals surface area contributed by atoms with Crippen molar-refractivity contribution >= 4 is 0 Å². The average Bonchev–Trinajstić information content (AvgIpc) is 3.05. The van der Waals surface area contributed by atoms with Crippen molar-refractivity contribution in [3.63, 3.8) is 0 Å². The van der Waals surface area contributed by atoms with Gasteiger partial charge in [0.25, 0.3) is 0 Å². The molecular weight excluding hydrogens is 226 g/mol. The summed E-state index contributed by atoms with van der Waals surface area (Å²) in [6.07, 6.45) is 10.8. The Bertz CT molecular complexity index is 280. The van der Waals surface area contributed by atoms with Gasteiger partial charge in [-0.2, -0.15) is 0 Å². The lowest BCUT2D eigenvalue weighted by Gasteiger charge is -2.31. The van der Waals surface area contributed by atoms with Crippen molar-refractivity contribution in [2.45, 2.75) is 63.1 Å². The second kappa shape index (κ2) is 5.10. The quantitative estimate of drug-likeness (QED) is 0.835. The van der Waals surface area contributed by atoms with E-state index in [2.05, 4.69) is 5.32 Å². The molecule has 2 saturated heterocycles. The molecule has 18 heavy (non-hydrogen) atoms. The smallest absolute Gasteiger partial charge is 0.0687 e. The number of ether oxygens (including phenoxy) is 2. The standard InChI is InChI=1S/C15H27NO2/c1-16-11-14(8-9-17-12-14)10-13-4-7-15(18-13)5-2-3-6-15/h13,16H,2-12H2,1H3. The fraction of sp³-hybridized carbons (Fsp3) is 1.00. The van der Waals surface area contributed by atoms with Crippen LogP contribution in [0.15, 0.2) is 0 Å². The van der Waals surface area contributed by atoms with Gasteiger partial charge in [-0.3, -0.25) is 0 Å². The average molecular weight is 253 g/mol. The van der Waals surface area contributed by atoms with Crippen LogP contribution in [0.3, 0.4) is 0 Å². The molecule has 0 aromatic carbocycles. The Hall–Kier alpha value is -0.120. The van der Waals surface area contributed by atoms with Crippen molar-refractivity contribution in [3.05, 3.63) is 0 Å². The van der Waals surface area contributed by atoms with Gasteiger partial charge in [0.05, 0.1) is 18.3 Å². The van der Waals surface area contributed by atoms with E-state index in [1.165, 1.54) is 51.4 Å². The molecule has 2 atom stereocenters. The molecule has 3 heteroatoms. The summed E-state index contributed by atoms with van der Waals surface area (Å²) in [5, 5.41) is 3.35. The van der Waals surface area contributed by atoms with Gasteiger partial charge in [-0.05, 0) is 45.6 Å². The van der Waals surface area contributed by atoms with E-state index < -0.39 is 0 Å². The second-order valence-corrected chi connectivity index (χ2v) is 6.71. The van der Waals surface area contributed by atoms with Crippen LogP contribution in [-0.2, 0) is 9.47 Å². The molecule has 104 valence electrons. The van der Waals surface area contributed by atoms with E-state index in [1.807, 2.05) is 7.05 Å². The van der Waals surface area contributed by atoms with Gasteiger partial charge >= 0.3 is 0 Å². The molecule has 0 aromatic rings. The van der Waals surface area contributed by atoms with Crippen molar-refractivity contribution < 1.29 is 9.47 Å². The largest absolute Gasteiger partial charge is 0.381 e. The minimum absolute atomic E-state index is 0.283. The zero-order chi connectivity index (χ0) is 12.5. The fourth-order valence-electron chi connectivity index (χ4n) is 4.31. The predicted octanol–water partition coefficient (Wildman–Crippen LogP) is 2.49. The van der Waals surface area contributed by atoms with Crippen LogP contribution >= 0.6 is 0 Å². The van der Waals surface area contributed by atoms with E-state index in [1.54, 1.807) is 0 Å². The molecule has 3 fully saturated rings. The van der Waals surface area contributed by atoms with E-state index >= 15 is 0 Å². The summed E-state index contributed by atoms with van der Waals surface area (Å²) in [5.41, 5.74) is 0.620. The Kier molecular flexibility index (Phi) is 3.65. The van der Waals surface area contributed by atoms with Crippen LogP contribution in [0.5, 0.6) is 0 Å². The van der Waals surface area contributed by atoms with E-state index in [0.717, 1.165) is 19.8 Å². The molecule has 0 radical (unpaired) electrons. The van der Waals surface area contributed by atoms with Crippen LogP contribution in [0, 0.1) is 5.41 Å². The highest BCUT2D eigenvalue weighted by molar-refractivity contribution is 4.96. The van der Waals surface area contributed by atoms with E-state index in [0.29, 0.717) is 11.5 Å². The highest BCUT2D eigenvalue weighted by Gasteiger charge is 2.45. The lowest BCUT2D eigenvalue weighted by Crippen LogP contribution is -2.37. The first-order valence-corrected chi connectivity index (χ1v) is 7.66. The molecule has 3 nitrogen and oxygen atoms in total. The monoisotopic (exact) mass is 253 g/mol. The SMILES string of the molecule is CNCC1(CC2CCC3(CCCC3)O2)CCOC1. The zero-order valence-electron chi connectivity index (χ0n) is 11.7. The first-order valence-electron chi connectivity index (χ1n) is 7.66. The molecule has 3 aliphatic rings. The third-order valence-corrected chi connectivity index (χ3v) is 5.25. The summed E-state index contributed by atoms with van der Waals surface area (Å²) >= 11 is 0. The summed E-state index contributed by atoms with van der Waals surface area (Å²) < 4.78 is 12.1. The van der Waals surface area contributed by atoms with Gasteiger partial charge < -0.3 is 14.8 Å². The van der Waals surface area contributed by atoms with Crippen molar-refractivity contribution in [2.75, 3.05) is 26.8 Å². The molecule has 3 rings (SSSR count). The van der Waals surface area contributed by atoms with Crippen LogP contribution < -0.4 is 5.32 Å². The van der Waals surface area contributed by atoms with Crippen molar-refractivity contribution in [2.24, 2.45) is 5.41 Å². The van der Waals surface area contributed by atoms with Gasteiger partial charge in [0.15, 0.2) is 0 Å². The third-order valence-electron chi connectivity index (χ3n) is 5.25. The Balaban J connectivity index is 1.59. The van der Waals surface area contributed by atoms with E-state index in [9.17, 15) is 0 Å². The predicted molar refractivity (Wildman–Crippen MR) is 71.7 cm³/mol. The van der Waals surface area contributed by atoms with Gasteiger partial charge in [-0.25, -0.2) is 0 Å². The van der Waals surface area contributed by atoms with Crippen molar-refractivity contribution in [1.82, 2.24) is 5.32 Å². The summed E-state index contributed by atoms with van der Waals surface area (Å²) in [6.45, 7) is 2.92. The number of hydrogen-bond acceptors (Lipinski definition) is 3. The third kappa shape index (κ3) is 2.45. The lowest BCUT2D eigenvalue weighted by atomic mass is 9.81.